The van der Waals surface area contributed by atoms with Crippen molar-refractivity contribution in [3.05, 3.63) is 0 Å². The first-order chi connectivity index (χ1) is 3.42. The summed E-state index contributed by atoms with van der Waals surface area (Å²) < 4.78 is 23.9. The number of rotatable bonds is 2. The van der Waals surface area contributed by atoms with E-state index in [4.69, 9.17) is 0 Å². The van der Waals surface area contributed by atoms with E-state index in [-0.39, 0.29) is 11.2 Å². The number of alkyl halides is 3. The Morgan fingerprint density at radius 3 is 2.00 bits per heavy atom. The van der Waals surface area contributed by atoms with Gasteiger partial charge in [0.25, 0.3) is 0 Å². The highest BCUT2D eigenvalue weighted by atomic mass is 79.9. The maximum absolute atomic E-state index is 11.9. The van der Waals surface area contributed by atoms with Crippen molar-refractivity contribution in [2.45, 2.75) is 31.0 Å². The lowest BCUT2D eigenvalue weighted by Crippen LogP contribution is -2.13. The third-order valence-corrected chi connectivity index (χ3v) is 0.963. The first-order valence-electron chi connectivity index (χ1n) is 2.44. The van der Waals surface area contributed by atoms with E-state index in [0.29, 0.717) is 0 Å². The molecule has 0 saturated carbocycles. The van der Waals surface area contributed by atoms with E-state index in [9.17, 15) is 8.78 Å². The second kappa shape index (κ2) is 2.76. The van der Waals surface area contributed by atoms with Crippen LogP contribution in [0.5, 0.6) is 0 Å². The fourth-order valence-electron chi connectivity index (χ4n) is 0.494. The van der Waals surface area contributed by atoms with Crippen LogP contribution in [0.15, 0.2) is 0 Å². The summed E-state index contributed by atoms with van der Waals surface area (Å²) in [6, 6.07) is 0. The fraction of sp³-hybridized carbons (Fsp3) is 1.00. The highest BCUT2D eigenvalue weighted by Gasteiger charge is 2.22. The summed E-state index contributed by atoms with van der Waals surface area (Å²) in [5, 5.41) is 0. The molecule has 0 nitrogen and oxygen atoms in total. The van der Waals surface area contributed by atoms with Crippen LogP contribution in [0.2, 0.25) is 0 Å². The minimum Gasteiger partial charge on any atom is -0.207 e. The summed E-state index contributed by atoms with van der Waals surface area (Å²) in [6.45, 7) is 2.63. The Bertz CT molecular complexity index is 65.3. The monoisotopic (exact) mass is 186 g/mol. The van der Waals surface area contributed by atoms with Gasteiger partial charge < -0.3 is 0 Å². The van der Waals surface area contributed by atoms with Crippen LogP contribution in [0.25, 0.3) is 0 Å². The predicted octanol–water partition coefficient (Wildman–Crippen LogP) is 2.82. The van der Waals surface area contributed by atoms with Crippen molar-refractivity contribution in [2.24, 2.45) is 0 Å². The molecule has 0 radical (unpaired) electrons. The third-order valence-electron chi connectivity index (χ3n) is 0.640. The molecule has 0 bridgehead atoms. The summed E-state index contributed by atoms with van der Waals surface area (Å²) in [6.07, 6.45) is -0.0903. The molecule has 0 fully saturated rings. The van der Waals surface area contributed by atoms with Gasteiger partial charge in [-0.05, 0) is 6.92 Å². The second-order valence-electron chi connectivity index (χ2n) is 2.06. The van der Waals surface area contributed by atoms with Gasteiger partial charge in [0.15, 0.2) is 0 Å². The van der Waals surface area contributed by atoms with Crippen molar-refractivity contribution >= 4 is 15.9 Å². The third kappa shape index (κ3) is 6.34. The SMILES string of the molecule is CC(Br)CC(C)(F)F. The van der Waals surface area contributed by atoms with Crippen LogP contribution in [0.3, 0.4) is 0 Å². The first-order valence-corrected chi connectivity index (χ1v) is 3.35. The molecule has 0 saturated heterocycles. The Kier molecular flexibility index (Phi) is 2.88. The van der Waals surface area contributed by atoms with Crippen LogP contribution in [-0.2, 0) is 0 Å². The van der Waals surface area contributed by atoms with Gasteiger partial charge in [0.05, 0.1) is 0 Å². The van der Waals surface area contributed by atoms with Gasteiger partial charge in [-0.25, -0.2) is 8.78 Å². The Morgan fingerprint density at radius 2 is 2.00 bits per heavy atom. The molecule has 0 aliphatic carbocycles. The van der Waals surface area contributed by atoms with Gasteiger partial charge in [0, 0.05) is 11.2 Å². The molecule has 0 rings (SSSR count). The largest absolute Gasteiger partial charge is 0.246 e. The van der Waals surface area contributed by atoms with E-state index in [1.54, 1.807) is 6.92 Å². The van der Waals surface area contributed by atoms with Crippen molar-refractivity contribution in [2.75, 3.05) is 0 Å². The molecule has 0 aliphatic heterocycles. The number of hydrogen-bond acceptors (Lipinski definition) is 0. The zero-order valence-corrected chi connectivity index (χ0v) is 6.50. The number of hydrogen-bond donors (Lipinski definition) is 0. The molecular formula is C5H9BrF2. The number of halogens is 3. The van der Waals surface area contributed by atoms with Gasteiger partial charge in [0.1, 0.15) is 0 Å². The lowest BCUT2D eigenvalue weighted by atomic mass is 10.2. The van der Waals surface area contributed by atoms with Gasteiger partial charge >= 0.3 is 0 Å². The minimum absolute atomic E-state index is 0.0903. The van der Waals surface area contributed by atoms with Crippen LogP contribution in [0.4, 0.5) is 8.78 Å². The van der Waals surface area contributed by atoms with Crippen LogP contribution in [0, 0.1) is 0 Å². The van der Waals surface area contributed by atoms with Gasteiger partial charge in [0.2, 0.25) is 5.92 Å². The van der Waals surface area contributed by atoms with Gasteiger partial charge in [-0.3, -0.25) is 0 Å². The summed E-state index contributed by atoms with van der Waals surface area (Å²) in [5.74, 6) is -2.52. The normalized spacial score (nSPS) is 16.1. The smallest absolute Gasteiger partial charge is 0.207 e. The molecule has 1 unspecified atom stereocenters. The van der Waals surface area contributed by atoms with Crippen molar-refractivity contribution in [1.29, 1.82) is 0 Å². The van der Waals surface area contributed by atoms with E-state index < -0.39 is 5.92 Å². The van der Waals surface area contributed by atoms with Gasteiger partial charge in [-0.1, -0.05) is 22.9 Å². The quantitative estimate of drug-likeness (QED) is 0.583. The summed E-state index contributed by atoms with van der Waals surface area (Å²) >= 11 is 3.03. The summed E-state index contributed by atoms with van der Waals surface area (Å²) in [5.41, 5.74) is 0. The van der Waals surface area contributed by atoms with Gasteiger partial charge in [-0.2, -0.15) is 0 Å². The maximum atomic E-state index is 11.9. The van der Waals surface area contributed by atoms with E-state index in [1.165, 1.54) is 0 Å². The standard InChI is InChI=1S/C5H9BrF2/c1-4(6)3-5(2,7)8/h4H,3H2,1-2H3. The van der Waals surface area contributed by atoms with E-state index in [1.807, 2.05) is 0 Å². The molecule has 50 valence electrons. The molecule has 3 heteroatoms. The topological polar surface area (TPSA) is 0 Å². The second-order valence-corrected chi connectivity index (χ2v) is 3.62. The zero-order valence-electron chi connectivity index (χ0n) is 4.92. The average molecular weight is 187 g/mol. The van der Waals surface area contributed by atoms with Crippen molar-refractivity contribution in [3.63, 3.8) is 0 Å². The molecule has 8 heavy (non-hydrogen) atoms. The molecule has 0 heterocycles. The minimum atomic E-state index is -2.52. The van der Waals surface area contributed by atoms with Gasteiger partial charge in [-0.15, -0.1) is 0 Å². The molecule has 0 N–H and O–H groups in total. The molecule has 0 aromatic heterocycles. The molecule has 0 aromatic carbocycles. The Morgan fingerprint density at radius 1 is 1.62 bits per heavy atom. The zero-order chi connectivity index (χ0) is 6.78. The highest BCUT2D eigenvalue weighted by Crippen LogP contribution is 2.21. The molecule has 1 atom stereocenters. The summed E-state index contributed by atoms with van der Waals surface area (Å²) in [7, 11) is 0. The first kappa shape index (κ1) is 8.34. The molecular weight excluding hydrogens is 178 g/mol. The molecule has 0 aliphatic rings. The van der Waals surface area contributed by atoms with E-state index in [0.717, 1.165) is 6.92 Å². The van der Waals surface area contributed by atoms with Crippen LogP contribution < -0.4 is 0 Å². The van der Waals surface area contributed by atoms with Crippen LogP contribution in [-0.4, -0.2) is 10.7 Å². The van der Waals surface area contributed by atoms with Crippen molar-refractivity contribution in [3.8, 4) is 0 Å². The van der Waals surface area contributed by atoms with Crippen molar-refractivity contribution < 1.29 is 8.78 Å². The lowest BCUT2D eigenvalue weighted by molar-refractivity contribution is 0.0143. The maximum Gasteiger partial charge on any atom is 0.246 e. The molecule has 0 aromatic rings. The highest BCUT2D eigenvalue weighted by molar-refractivity contribution is 9.09. The van der Waals surface area contributed by atoms with E-state index in [2.05, 4.69) is 15.9 Å². The van der Waals surface area contributed by atoms with Crippen LogP contribution in [0.1, 0.15) is 20.3 Å². The predicted molar refractivity (Wildman–Crippen MR) is 33.6 cm³/mol. The lowest BCUT2D eigenvalue weighted by Gasteiger charge is -2.10. The fourth-order valence-corrected chi connectivity index (χ4v) is 1.06. The molecule has 0 amide bonds. The Labute approximate surface area is 56.4 Å². The Hall–Kier alpha value is 0.340. The van der Waals surface area contributed by atoms with Crippen molar-refractivity contribution in [1.82, 2.24) is 0 Å². The Balaban J connectivity index is 3.39. The van der Waals surface area contributed by atoms with E-state index >= 15 is 0 Å². The molecule has 0 spiro atoms. The summed E-state index contributed by atoms with van der Waals surface area (Å²) in [4.78, 5) is -0.0949. The van der Waals surface area contributed by atoms with Crippen LogP contribution >= 0.6 is 15.9 Å². The average Bonchev–Trinajstić information content (AvgIpc) is 1.21.